The number of hydrogen-bond acceptors (Lipinski definition) is 3. The van der Waals surface area contributed by atoms with E-state index in [-0.39, 0.29) is 24.2 Å². The van der Waals surface area contributed by atoms with E-state index in [4.69, 9.17) is 10.5 Å². The zero-order valence-electron chi connectivity index (χ0n) is 14.0. The van der Waals surface area contributed by atoms with Crippen LogP contribution in [0, 0.1) is 5.92 Å². The van der Waals surface area contributed by atoms with Crippen LogP contribution in [0.1, 0.15) is 26.2 Å². The number of nitrogens with one attached hydrogen (secondary N) is 1. The second-order valence-electron chi connectivity index (χ2n) is 6.25. The third kappa shape index (κ3) is 4.09. The van der Waals surface area contributed by atoms with Gasteiger partial charge in [0.1, 0.15) is 0 Å². The SMILES string of the molecule is CCCn1ccc2ccc(NC(=O)C(N)C3CCOCC3)cc21.Cl. The predicted octanol–water partition coefficient (Wildman–Crippen LogP) is 3.17. The van der Waals surface area contributed by atoms with Crippen LogP contribution in [0.5, 0.6) is 0 Å². The number of amides is 1. The van der Waals surface area contributed by atoms with Crippen molar-refractivity contribution in [3.8, 4) is 0 Å². The van der Waals surface area contributed by atoms with Crippen molar-refractivity contribution in [1.29, 1.82) is 0 Å². The second-order valence-corrected chi connectivity index (χ2v) is 6.25. The smallest absolute Gasteiger partial charge is 0.241 e. The molecule has 132 valence electrons. The third-order valence-corrected chi connectivity index (χ3v) is 4.58. The number of anilines is 1. The number of aromatic nitrogens is 1. The number of aryl methyl sites for hydroxylation is 1. The van der Waals surface area contributed by atoms with E-state index in [1.165, 1.54) is 5.39 Å². The van der Waals surface area contributed by atoms with Crippen LogP contribution in [0.3, 0.4) is 0 Å². The summed E-state index contributed by atoms with van der Waals surface area (Å²) in [5, 5.41) is 4.16. The van der Waals surface area contributed by atoms with E-state index >= 15 is 0 Å². The maximum Gasteiger partial charge on any atom is 0.241 e. The molecule has 3 N–H and O–H groups in total. The first kappa shape index (κ1) is 18.8. The molecule has 1 fully saturated rings. The van der Waals surface area contributed by atoms with Gasteiger partial charge in [0.05, 0.1) is 11.6 Å². The van der Waals surface area contributed by atoms with E-state index in [2.05, 4.69) is 29.1 Å². The molecule has 0 saturated carbocycles. The predicted molar refractivity (Wildman–Crippen MR) is 99.6 cm³/mol. The fraction of sp³-hybridized carbons (Fsp3) is 0.500. The average Bonchev–Trinajstić information content (AvgIpc) is 2.98. The van der Waals surface area contributed by atoms with Crippen molar-refractivity contribution in [2.24, 2.45) is 11.7 Å². The maximum atomic E-state index is 12.4. The molecule has 5 nitrogen and oxygen atoms in total. The minimum atomic E-state index is -0.475. The summed E-state index contributed by atoms with van der Waals surface area (Å²) in [5.41, 5.74) is 8.09. The Hall–Kier alpha value is -1.56. The molecule has 2 heterocycles. The summed E-state index contributed by atoms with van der Waals surface area (Å²) in [6.07, 6.45) is 4.88. The molecule has 1 aliphatic rings. The normalized spacial score (nSPS) is 16.6. The number of fused-ring (bicyclic) bond motifs is 1. The molecule has 1 unspecified atom stereocenters. The first-order valence-electron chi connectivity index (χ1n) is 8.42. The molecule has 0 radical (unpaired) electrons. The van der Waals surface area contributed by atoms with Crippen LogP contribution in [-0.4, -0.2) is 29.7 Å². The summed E-state index contributed by atoms with van der Waals surface area (Å²) in [4.78, 5) is 12.4. The van der Waals surface area contributed by atoms with Gasteiger partial charge in [0.2, 0.25) is 5.91 Å². The van der Waals surface area contributed by atoms with Crippen molar-refractivity contribution < 1.29 is 9.53 Å². The van der Waals surface area contributed by atoms with Gasteiger partial charge in [-0.25, -0.2) is 0 Å². The zero-order valence-corrected chi connectivity index (χ0v) is 14.8. The van der Waals surface area contributed by atoms with E-state index in [0.29, 0.717) is 13.2 Å². The number of rotatable bonds is 5. The van der Waals surface area contributed by atoms with Crippen molar-refractivity contribution in [2.45, 2.75) is 38.8 Å². The third-order valence-electron chi connectivity index (χ3n) is 4.58. The van der Waals surface area contributed by atoms with Gasteiger partial charge in [-0.2, -0.15) is 0 Å². The molecule has 1 saturated heterocycles. The van der Waals surface area contributed by atoms with Crippen LogP contribution >= 0.6 is 12.4 Å². The Morgan fingerprint density at radius 1 is 1.38 bits per heavy atom. The average molecular weight is 352 g/mol. The van der Waals surface area contributed by atoms with Crippen LogP contribution in [-0.2, 0) is 16.1 Å². The van der Waals surface area contributed by atoms with Crippen LogP contribution in [0.15, 0.2) is 30.5 Å². The second kappa shape index (κ2) is 8.51. The highest BCUT2D eigenvalue weighted by molar-refractivity contribution is 5.97. The highest BCUT2D eigenvalue weighted by Gasteiger charge is 2.26. The number of hydrogen-bond donors (Lipinski definition) is 2. The van der Waals surface area contributed by atoms with E-state index in [0.717, 1.165) is 37.0 Å². The van der Waals surface area contributed by atoms with Gasteiger partial charge in [0.15, 0.2) is 0 Å². The van der Waals surface area contributed by atoms with Gasteiger partial charge >= 0.3 is 0 Å². The molecule has 1 amide bonds. The molecule has 0 aliphatic carbocycles. The molecule has 1 aliphatic heterocycles. The Labute approximate surface area is 148 Å². The van der Waals surface area contributed by atoms with Crippen molar-refractivity contribution >= 4 is 34.9 Å². The lowest BCUT2D eigenvalue weighted by molar-refractivity contribution is -0.119. The first-order valence-corrected chi connectivity index (χ1v) is 8.42. The topological polar surface area (TPSA) is 69.3 Å². The minimum absolute atomic E-state index is 0. The molecule has 6 heteroatoms. The van der Waals surface area contributed by atoms with Gasteiger partial charge < -0.3 is 20.4 Å². The van der Waals surface area contributed by atoms with Crippen LogP contribution in [0.25, 0.3) is 10.9 Å². The summed E-state index contributed by atoms with van der Waals surface area (Å²) in [6, 6.07) is 7.63. The Bertz CT molecular complexity index is 680. The molecule has 1 aromatic heterocycles. The monoisotopic (exact) mass is 351 g/mol. The van der Waals surface area contributed by atoms with Crippen molar-refractivity contribution in [2.75, 3.05) is 18.5 Å². The molecular weight excluding hydrogens is 326 g/mol. The molecule has 0 spiro atoms. The van der Waals surface area contributed by atoms with E-state index in [1.807, 2.05) is 18.2 Å². The molecule has 2 aromatic rings. The first-order chi connectivity index (χ1) is 11.2. The number of nitrogens with zero attached hydrogens (tertiary/aromatic N) is 1. The summed E-state index contributed by atoms with van der Waals surface area (Å²) < 4.78 is 7.55. The summed E-state index contributed by atoms with van der Waals surface area (Å²) in [7, 11) is 0. The van der Waals surface area contributed by atoms with E-state index in [9.17, 15) is 4.79 Å². The highest BCUT2D eigenvalue weighted by atomic mass is 35.5. The molecule has 0 bridgehead atoms. The lowest BCUT2D eigenvalue weighted by Gasteiger charge is -2.26. The van der Waals surface area contributed by atoms with Crippen molar-refractivity contribution in [3.63, 3.8) is 0 Å². The standard InChI is InChI=1S/C18H25N3O2.ClH/c1-2-8-21-9-5-13-3-4-15(12-16(13)21)20-18(22)17(19)14-6-10-23-11-7-14;/h3-5,9,12,14,17H,2,6-8,10-11,19H2,1H3,(H,20,22);1H. The Kier molecular flexibility index (Phi) is 6.66. The van der Waals surface area contributed by atoms with Gasteiger partial charge in [0.25, 0.3) is 0 Å². The van der Waals surface area contributed by atoms with Crippen LogP contribution < -0.4 is 11.1 Å². The fourth-order valence-corrected chi connectivity index (χ4v) is 3.21. The van der Waals surface area contributed by atoms with Gasteiger partial charge in [-0.15, -0.1) is 12.4 Å². The number of nitrogens with two attached hydrogens (primary N) is 1. The van der Waals surface area contributed by atoms with Gasteiger partial charge in [-0.05, 0) is 48.8 Å². The Morgan fingerprint density at radius 2 is 2.12 bits per heavy atom. The van der Waals surface area contributed by atoms with Crippen molar-refractivity contribution in [1.82, 2.24) is 4.57 Å². The number of halogens is 1. The van der Waals surface area contributed by atoms with Crippen molar-refractivity contribution in [3.05, 3.63) is 30.5 Å². The maximum absolute atomic E-state index is 12.4. The quantitative estimate of drug-likeness (QED) is 0.869. The largest absolute Gasteiger partial charge is 0.381 e. The lowest BCUT2D eigenvalue weighted by Crippen LogP contribution is -2.44. The molecule has 1 aromatic carbocycles. The molecule has 1 atom stereocenters. The number of ether oxygens (including phenoxy) is 1. The van der Waals surface area contributed by atoms with E-state index in [1.54, 1.807) is 0 Å². The fourth-order valence-electron chi connectivity index (χ4n) is 3.21. The van der Waals surface area contributed by atoms with Gasteiger partial charge in [-0.3, -0.25) is 4.79 Å². The zero-order chi connectivity index (χ0) is 16.2. The van der Waals surface area contributed by atoms with Gasteiger partial charge in [0, 0.05) is 31.6 Å². The molecular formula is C18H26ClN3O2. The summed E-state index contributed by atoms with van der Waals surface area (Å²) in [5.74, 6) is 0.0984. The lowest BCUT2D eigenvalue weighted by atomic mass is 9.92. The molecule has 3 rings (SSSR count). The minimum Gasteiger partial charge on any atom is -0.381 e. The number of benzene rings is 1. The Morgan fingerprint density at radius 3 is 2.83 bits per heavy atom. The molecule has 24 heavy (non-hydrogen) atoms. The summed E-state index contributed by atoms with van der Waals surface area (Å²) in [6.45, 7) is 4.52. The van der Waals surface area contributed by atoms with Crippen LogP contribution in [0.2, 0.25) is 0 Å². The number of carbonyl (C=O) groups excluding carboxylic acids is 1. The summed E-state index contributed by atoms with van der Waals surface area (Å²) >= 11 is 0. The van der Waals surface area contributed by atoms with Gasteiger partial charge in [-0.1, -0.05) is 13.0 Å². The number of carbonyl (C=O) groups is 1. The highest BCUT2D eigenvalue weighted by Crippen LogP contribution is 2.22. The van der Waals surface area contributed by atoms with Crippen LogP contribution in [0.4, 0.5) is 5.69 Å². The Balaban J connectivity index is 0.00000208. The van der Waals surface area contributed by atoms with E-state index < -0.39 is 6.04 Å².